The summed E-state index contributed by atoms with van der Waals surface area (Å²) in [5.41, 5.74) is 0. The molecule has 2 aliphatic carbocycles. The predicted octanol–water partition coefficient (Wildman–Crippen LogP) is 3.26. The van der Waals surface area contributed by atoms with E-state index in [0.717, 1.165) is 25.2 Å². The molecule has 0 aliphatic heterocycles. The van der Waals surface area contributed by atoms with Crippen LogP contribution >= 0.6 is 0 Å². The minimum atomic E-state index is -4.21. The van der Waals surface area contributed by atoms with Crippen LogP contribution in [-0.4, -0.2) is 31.0 Å². The van der Waals surface area contributed by atoms with E-state index < -0.39 is 12.8 Å². The van der Waals surface area contributed by atoms with Gasteiger partial charge in [-0.1, -0.05) is 0 Å². The van der Waals surface area contributed by atoms with Crippen LogP contribution in [0.3, 0.4) is 0 Å². The average Bonchev–Trinajstić information content (AvgIpc) is 3.09. The van der Waals surface area contributed by atoms with Crippen LogP contribution in [0.15, 0.2) is 0 Å². The lowest BCUT2D eigenvalue weighted by Crippen LogP contribution is -2.43. The fraction of sp³-hybridized carbons (Fsp3) is 1.00. The van der Waals surface area contributed by atoms with Gasteiger partial charge in [-0.15, -0.1) is 0 Å². The zero-order valence-electron chi connectivity index (χ0n) is 10.8. The van der Waals surface area contributed by atoms with Crippen molar-refractivity contribution in [3.05, 3.63) is 0 Å². The zero-order chi connectivity index (χ0) is 13.2. The van der Waals surface area contributed by atoms with E-state index in [4.69, 9.17) is 4.74 Å². The van der Waals surface area contributed by atoms with Crippen LogP contribution in [0.25, 0.3) is 0 Å². The molecule has 18 heavy (non-hydrogen) atoms. The summed E-state index contributed by atoms with van der Waals surface area (Å²) >= 11 is 0. The predicted molar refractivity (Wildman–Crippen MR) is 63.4 cm³/mol. The molecule has 2 aliphatic rings. The van der Waals surface area contributed by atoms with Crippen molar-refractivity contribution in [3.63, 3.8) is 0 Å². The molecule has 0 aromatic carbocycles. The van der Waals surface area contributed by atoms with Gasteiger partial charge in [0.05, 0.1) is 6.10 Å². The lowest BCUT2D eigenvalue weighted by atomic mass is 9.92. The van der Waals surface area contributed by atoms with E-state index in [2.05, 4.69) is 12.2 Å². The van der Waals surface area contributed by atoms with Gasteiger partial charge in [0.2, 0.25) is 0 Å². The molecule has 5 heteroatoms. The highest BCUT2D eigenvalue weighted by molar-refractivity contribution is 4.87. The second kappa shape index (κ2) is 5.78. The second-order valence-electron chi connectivity index (χ2n) is 5.70. The van der Waals surface area contributed by atoms with Gasteiger partial charge in [0.1, 0.15) is 6.61 Å². The van der Waals surface area contributed by atoms with Gasteiger partial charge >= 0.3 is 6.18 Å². The summed E-state index contributed by atoms with van der Waals surface area (Å²) in [4.78, 5) is 0. The first-order valence-corrected chi connectivity index (χ1v) is 6.88. The minimum absolute atomic E-state index is 0.232. The van der Waals surface area contributed by atoms with E-state index in [-0.39, 0.29) is 6.10 Å². The number of rotatable bonds is 5. The quantitative estimate of drug-likeness (QED) is 0.823. The molecule has 3 atom stereocenters. The van der Waals surface area contributed by atoms with Crippen molar-refractivity contribution < 1.29 is 17.9 Å². The van der Waals surface area contributed by atoms with Gasteiger partial charge < -0.3 is 10.1 Å². The summed E-state index contributed by atoms with van der Waals surface area (Å²) in [6.45, 7) is 1.07. The Bertz CT molecular complexity index is 265. The third-order valence-electron chi connectivity index (χ3n) is 3.94. The minimum Gasteiger partial charge on any atom is -0.369 e. The van der Waals surface area contributed by atoms with Gasteiger partial charge in [-0.25, -0.2) is 0 Å². The van der Waals surface area contributed by atoms with Crippen molar-refractivity contribution in [1.29, 1.82) is 0 Å². The van der Waals surface area contributed by atoms with E-state index >= 15 is 0 Å². The van der Waals surface area contributed by atoms with Gasteiger partial charge in [-0.2, -0.15) is 13.2 Å². The topological polar surface area (TPSA) is 21.3 Å². The van der Waals surface area contributed by atoms with Crippen LogP contribution in [0.1, 0.15) is 45.4 Å². The van der Waals surface area contributed by atoms with E-state index in [1.807, 2.05) is 0 Å². The maximum atomic E-state index is 12.1. The van der Waals surface area contributed by atoms with Crippen LogP contribution in [0.5, 0.6) is 0 Å². The van der Waals surface area contributed by atoms with Crippen LogP contribution in [0.2, 0.25) is 0 Å². The summed E-state index contributed by atoms with van der Waals surface area (Å²) in [7, 11) is 0. The van der Waals surface area contributed by atoms with Crippen LogP contribution < -0.4 is 5.32 Å². The highest BCUT2D eigenvalue weighted by Gasteiger charge is 2.33. The highest BCUT2D eigenvalue weighted by Crippen LogP contribution is 2.33. The third-order valence-corrected chi connectivity index (χ3v) is 3.94. The largest absolute Gasteiger partial charge is 0.411 e. The smallest absolute Gasteiger partial charge is 0.369 e. The fourth-order valence-corrected chi connectivity index (χ4v) is 2.76. The first kappa shape index (κ1) is 14.1. The fourth-order valence-electron chi connectivity index (χ4n) is 2.76. The maximum Gasteiger partial charge on any atom is 0.411 e. The summed E-state index contributed by atoms with van der Waals surface area (Å²) in [5, 5.41) is 3.55. The van der Waals surface area contributed by atoms with Crippen molar-refractivity contribution in [1.82, 2.24) is 5.32 Å². The summed E-state index contributed by atoms with van der Waals surface area (Å²) in [5.74, 6) is 0.779. The van der Waals surface area contributed by atoms with Gasteiger partial charge in [-0.3, -0.25) is 0 Å². The Morgan fingerprint density at radius 3 is 2.56 bits per heavy atom. The molecule has 0 saturated heterocycles. The van der Waals surface area contributed by atoms with Crippen LogP contribution in [0, 0.1) is 5.92 Å². The lowest BCUT2D eigenvalue weighted by Gasteiger charge is -2.32. The zero-order valence-corrected chi connectivity index (χ0v) is 10.8. The number of halogens is 3. The first-order chi connectivity index (χ1) is 8.44. The van der Waals surface area contributed by atoms with Gasteiger partial charge in [0.25, 0.3) is 0 Å². The molecular formula is C13H22F3NO. The molecule has 1 N–H and O–H groups in total. The van der Waals surface area contributed by atoms with Crippen molar-refractivity contribution in [3.8, 4) is 0 Å². The Morgan fingerprint density at radius 2 is 1.94 bits per heavy atom. The Balaban J connectivity index is 1.70. The third kappa shape index (κ3) is 4.76. The van der Waals surface area contributed by atoms with Gasteiger partial charge in [0.15, 0.2) is 0 Å². The number of nitrogens with one attached hydrogen (secondary N) is 1. The molecule has 0 aromatic rings. The highest BCUT2D eigenvalue weighted by atomic mass is 19.4. The molecule has 0 bridgehead atoms. The van der Waals surface area contributed by atoms with Crippen molar-refractivity contribution >= 4 is 0 Å². The molecule has 106 valence electrons. The SMILES string of the molecule is CC(NC1CCCC(OCC(F)(F)F)C1)C1CC1. The summed E-state index contributed by atoms with van der Waals surface area (Å²) in [6.07, 6.45) is 1.62. The Labute approximate surface area is 106 Å². The van der Waals surface area contributed by atoms with E-state index in [1.165, 1.54) is 12.8 Å². The van der Waals surface area contributed by atoms with Gasteiger partial charge in [-0.05, 0) is 51.4 Å². The number of alkyl halides is 3. The molecule has 3 unspecified atom stereocenters. The number of hydrogen-bond acceptors (Lipinski definition) is 2. The molecule has 0 aromatic heterocycles. The first-order valence-electron chi connectivity index (χ1n) is 6.88. The average molecular weight is 265 g/mol. The van der Waals surface area contributed by atoms with Gasteiger partial charge in [0, 0.05) is 12.1 Å². The molecule has 2 rings (SSSR count). The molecule has 0 radical (unpaired) electrons. The normalized spacial score (nSPS) is 31.3. The Kier molecular flexibility index (Phi) is 4.54. The molecular weight excluding hydrogens is 243 g/mol. The molecule has 2 nitrogen and oxygen atoms in total. The number of ether oxygens (including phenoxy) is 1. The van der Waals surface area contributed by atoms with Crippen LogP contribution in [-0.2, 0) is 4.74 Å². The molecule has 0 spiro atoms. The summed E-state index contributed by atoms with van der Waals surface area (Å²) in [6, 6.07) is 0.823. The van der Waals surface area contributed by atoms with E-state index in [1.54, 1.807) is 0 Å². The monoisotopic (exact) mass is 265 g/mol. The molecule has 0 heterocycles. The van der Waals surface area contributed by atoms with Crippen LogP contribution in [0.4, 0.5) is 13.2 Å². The molecule has 0 amide bonds. The Morgan fingerprint density at radius 1 is 1.22 bits per heavy atom. The standard InChI is InChI=1S/C13H22F3NO/c1-9(10-5-6-10)17-11-3-2-4-12(7-11)18-8-13(14,15)16/h9-12,17H,2-8H2,1H3. The Hall–Kier alpha value is -0.290. The summed E-state index contributed by atoms with van der Waals surface area (Å²) < 4.78 is 41.2. The molecule has 2 saturated carbocycles. The maximum absolute atomic E-state index is 12.1. The second-order valence-corrected chi connectivity index (χ2v) is 5.70. The van der Waals surface area contributed by atoms with Crippen molar-refractivity contribution in [2.45, 2.75) is 69.8 Å². The van der Waals surface area contributed by atoms with E-state index in [9.17, 15) is 13.2 Å². The van der Waals surface area contributed by atoms with Crippen molar-refractivity contribution in [2.24, 2.45) is 5.92 Å². The number of hydrogen-bond donors (Lipinski definition) is 1. The lowest BCUT2D eigenvalue weighted by molar-refractivity contribution is -0.188. The van der Waals surface area contributed by atoms with Crippen molar-refractivity contribution in [2.75, 3.05) is 6.61 Å². The van der Waals surface area contributed by atoms with E-state index in [0.29, 0.717) is 18.5 Å². The molecule has 2 fully saturated rings.